The number of amides is 1. The Morgan fingerprint density at radius 1 is 1.29 bits per heavy atom. The first kappa shape index (κ1) is 14.5. The molecule has 21 heavy (non-hydrogen) atoms. The highest BCUT2D eigenvalue weighted by Gasteiger charge is 2.15. The summed E-state index contributed by atoms with van der Waals surface area (Å²) in [6.07, 6.45) is 0.170. The standard InChI is InChI=1S/C13H14N4O4/c14-8(5-7-1-2-9(18)10(19)6-7)13(21)15-11-3-4-12(20)17-16-11/h1-4,6,8,18-19H,5,14H2,(H,17,20)(H,15,16,21)/t8-/m0/s1. The Morgan fingerprint density at radius 3 is 2.67 bits per heavy atom. The van der Waals surface area contributed by atoms with Gasteiger partial charge in [-0.25, -0.2) is 5.10 Å². The smallest absolute Gasteiger partial charge is 0.264 e. The van der Waals surface area contributed by atoms with Gasteiger partial charge in [0.1, 0.15) is 0 Å². The number of phenolic OH excluding ortho intramolecular Hbond substituents is 2. The SMILES string of the molecule is N[C@@H](Cc1ccc(O)c(O)c1)C(=O)Nc1ccc(=O)[nH]n1. The van der Waals surface area contributed by atoms with Crippen molar-refractivity contribution in [2.24, 2.45) is 5.73 Å². The van der Waals surface area contributed by atoms with Crippen LogP contribution in [0.25, 0.3) is 0 Å². The van der Waals surface area contributed by atoms with E-state index in [2.05, 4.69) is 15.5 Å². The van der Waals surface area contributed by atoms with Gasteiger partial charge in [-0.3, -0.25) is 9.59 Å². The van der Waals surface area contributed by atoms with Crippen LogP contribution >= 0.6 is 0 Å². The van der Waals surface area contributed by atoms with E-state index in [0.717, 1.165) is 0 Å². The van der Waals surface area contributed by atoms with E-state index in [1.54, 1.807) is 6.07 Å². The lowest BCUT2D eigenvalue weighted by molar-refractivity contribution is -0.117. The van der Waals surface area contributed by atoms with Gasteiger partial charge < -0.3 is 21.3 Å². The van der Waals surface area contributed by atoms with Gasteiger partial charge >= 0.3 is 0 Å². The number of nitrogens with zero attached hydrogens (tertiary/aromatic N) is 1. The van der Waals surface area contributed by atoms with Crippen molar-refractivity contribution < 1.29 is 15.0 Å². The van der Waals surface area contributed by atoms with Crippen molar-refractivity contribution in [2.75, 3.05) is 5.32 Å². The molecular weight excluding hydrogens is 276 g/mol. The third-order valence-electron chi connectivity index (χ3n) is 2.76. The predicted octanol–water partition coefficient (Wildman–Crippen LogP) is -0.310. The van der Waals surface area contributed by atoms with E-state index in [-0.39, 0.29) is 29.3 Å². The molecule has 0 aliphatic heterocycles. The monoisotopic (exact) mass is 290 g/mol. The molecule has 0 bridgehead atoms. The van der Waals surface area contributed by atoms with Gasteiger partial charge in [-0.15, -0.1) is 0 Å². The molecule has 0 unspecified atom stereocenters. The van der Waals surface area contributed by atoms with E-state index >= 15 is 0 Å². The molecule has 0 saturated heterocycles. The van der Waals surface area contributed by atoms with E-state index in [1.165, 1.54) is 24.3 Å². The molecule has 1 amide bonds. The van der Waals surface area contributed by atoms with Crippen molar-refractivity contribution in [3.05, 3.63) is 46.2 Å². The highest BCUT2D eigenvalue weighted by molar-refractivity contribution is 5.93. The van der Waals surface area contributed by atoms with Gasteiger partial charge in [-0.2, -0.15) is 5.10 Å². The molecule has 1 heterocycles. The Labute approximate surface area is 119 Å². The fraction of sp³-hybridized carbons (Fsp3) is 0.154. The van der Waals surface area contributed by atoms with Crippen LogP contribution in [0.3, 0.4) is 0 Å². The van der Waals surface area contributed by atoms with Crippen LogP contribution in [-0.2, 0) is 11.2 Å². The number of benzene rings is 1. The fourth-order valence-electron chi connectivity index (χ4n) is 1.68. The maximum atomic E-state index is 11.9. The van der Waals surface area contributed by atoms with Crippen molar-refractivity contribution in [1.29, 1.82) is 0 Å². The zero-order valence-corrected chi connectivity index (χ0v) is 10.9. The topological polar surface area (TPSA) is 141 Å². The number of aromatic amines is 1. The van der Waals surface area contributed by atoms with E-state index in [4.69, 9.17) is 5.73 Å². The molecule has 2 rings (SSSR count). The minimum Gasteiger partial charge on any atom is -0.504 e. The first-order chi connectivity index (χ1) is 9.95. The summed E-state index contributed by atoms with van der Waals surface area (Å²) >= 11 is 0. The third kappa shape index (κ3) is 3.80. The minimum absolute atomic E-state index is 0.170. The van der Waals surface area contributed by atoms with Gasteiger partial charge in [0.05, 0.1) is 6.04 Å². The second-order valence-electron chi connectivity index (χ2n) is 4.43. The molecule has 1 aromatic carbocycles. The maximum Gasteiger partial charge on any atom is 0.264 e. The van der Waals surface area contributed by atoms with E-state index < -0.39 is 11.9 Å². The average Bonchev–Trinajstić information content (AvgIpc) is 2.45. The second kappa shape index (κ2) is 6.06. The largest absolute Gasteiger partial charge is 0.504 e. The van der Waals surface area contributed by atoms with Crippen LogP contribution in [0.1, 0.15) is 5.56 Å². The fourth-order valence-corrected chi connectivity index (χ4v) is 1.68. The Morgan fingerprint density at radius 2 is 2.05 bits per heavy atom. The number of rotatable bonds is 4. The summed E-state index contributed by atoms with van der Waals surface area (Å²) in [5, 5.41) is 26.9. The molecule has 6 N–H and O–H groups in total. The number of carbonyl (C=O) groups is 1. The molecule has 2 aromatic rings. The van der Waals surface area contributed by atoms with Crippen LogP contribution in [0.5, 0.6) is 11.5 Å². The minimum atomic E-state index is -0.873. The summed E-state index contributed by atoms with van der Waals surface area (Å²) in [7, 11) is 0. The zero-order chi connectivity index (χ0) is 15.4. The van der Waals surface area contributed by atoms with Crippen LogP contribution in [-0.4, -0.2) is 32.4 Å². The first-order valence-corrected chi connectivity index (χ1v) is 6.09. The lowest BCUT2D eigenvalue weighted by atomic mass is 10.1. The number of phenols is 2. The summed E-state index contributed by atoms with van der Waals surface area (Å²) in [5.74, 6) is -0.817. The van der Waals surface area contributed by atoms with Gasteiger partial charge in [0.2, 0.25) is 5.91 Å². The molecule has 8 nitrogen and oxygen atoms in total. The molecule has 0 radical (unpaired) electrons. The quantitative estimate of drug-likeness (QED) is 0.489. The van der Waals surface area contributed by atoms with Gasteiger partial charge in [0.15, 0.2) is 17.3 Å². The number of hydrogen-bond donors (Lipinski definition) is 5. The lowest BCUT2D eigenvalue weighted by Crippen LogP contribution is -2.37. The number of nitrogens with one attached hydrogen (secondary N) is 2. The average molecular weight is 290 g/mol. The Hall–Kier alpha value is -2.87. The number of H-pyrrole nitrogens is 1. The van der Waals surface area contributed by atoms with E-state index in [9.17, 15) is 19.8 Å². The summed E-state index contributed by atoms with van der Waals surface area (Å²) in [6, 6.07) is 5.92. The van der Waals surface area contributed by atoms with Crippen molar-refractivity contribution >= 4 is 11.7 Å². The molecule has 0 aliphatic rings. The van der Waals surface area contributed by atoms with Crippen molar-refractivity contribution in [2.45, 2.75) is 12.5 Å². The van der Waals surface area contributed by atoms with Crippen LogP contribution in [0.2, 0.25) is 0 Å². The van der Waals surface area contributed by atoms with Gasteiger partial charge in [0, 0.05) is 6.07 Å². The summed E-state index contributed by atoms with van der Waals surface area (Å²) in [4.78, 5) is 22.7. The molecule has 0 fully saturated rings. The molecule has 1 atom stereocenters. The van der Waals surface area contributed by atoms with E-state index in [0.29, 0.717) is 5.56 Å². The third-order valence-corrected chi connectivity index (χ3v) is 2.76. The van der Waals surface area contributed by atoms with Crippen LogP contribution in [0.4, 0.5) is 5.82 Å². The normalized spacial score (nSPS) is 11.9. The number of aromatic nitrogens is 2. The van der Waals surface area contributed by atoms with Crippen molar-refractivity contribution in [1.82, 2.24) is 10.2 Å². The van der Waals surface area contributed by atoms with Crippen molar-refractivity contribution in [3.8, 4) is 11.5 Å². The molecule has 1 aromatic heterocycles. The van der Waals surface area contributed by atoms with Gasteiger partial charge in [-0.1, -0.05) is 6.07 Å². The summed E-state index contributed by atoms with van der Waals surface area (Å²) < 4.78 is 0. The predicted molar refractivity (Wildman–Crippen MR) is 74.9 cm³/mol. The molecule has 0 spiro atoms. The maximum absolute atomic E-state index is 11.9. The molecular formula is C13H14N4O4. The number of anilines is 1. The number of nitrogens with two attached hydrogens (primary N) is 1. The van der Waals surface area contributed by atoms with E-state index in [1.807, 2.05) is 0 Å². The van der Waals surface area contributed by atoms with Crippen LogP contribution < -0.4 is 16.6 Å². The molecule has 8 heteroatoms. The second-order valence-corrected chi connectivity index (χ2v) is 4.43. The molecule has 110 valence electrons. The van der Waals surface area contributed by atoms with Gasteiger partial charge in [-0.05, 0) is 30.2 Å². The first-order valence-electron chi connectivity index (χ1n) is 6.09. The Bertz CT molecular complexity index is 693. The Balaban J connectivity index is 2.00. The number of hydrogen-bond acceptors (Lipinski definition) is 6. The Kier molecular flexibility index (Phi) is 4.19. The summed E-state index contributed by atoms with van der Waals surface area (Å²) in [6.45, 7) is 0. The highest BCUT2D eigenvalue weighted by atomic mass is 16.3. The molecule has 0 aliphatic carbocycles. The van der Waals surface area contributed by atoms with Gasteiger partial charge in [0.25, 0.3) is 5.56 Å². The summed E-state index contributed by atoms with van der Waals surface area (Å²) in [5.41, 5.74) is 5.98. The van der Waals surface area contributed by atoms with Crippen LogP contribution in [0.15, 0.2) is 35.1 Å². The lowest BCUT2D eigenvalue weighted by Gasteiger charge is -2.12. The van der Waals surface area contributed by atoms with Crippen molar-refractivity contribution in [3.63, 3.8) is 0 Å². The number of aromatic hydroxyl groups is 2. The zero-order valence-electron chi connectivity index (χ0n) is 10.9. The number of carbonyl (C=O) groups excluding carboxylic acids is 1. The highest BCUT2D eigenvalue weighted by Crippen LogP contribution is 2.25. The molecule has 0 saturated carbocycles. The van der Waals surface area contributed by atoms with Crippen LogP contribution in [0, 0.1) is 0 Å².